The highest BCUT2D eigenvalue weighted by molar-refractivity contribution is 6.30. The fourth-order valence-corrected chi connectivity index (χ4v) is 2.91. The summed E-state index contributed by atoms with van der Waals surface area (Å²) in [6.07, 6.45) is 2.94. The van der Waals surface area contributed by atoms with Crippen molar-refractivity contribution < 1.29 is 9.53 Å². The minimum Gasteiger partial charge on any atom is -0.465 e. The average molecular weight is 348 g/mol. The minimum atomic E-state index is -0.452. The van der Waals surface area contributed by atoms with Gasteiger partial charge >= 0.3 is 5.97 Å². The van der Waals surface area contributed by atoms with Gasteiger partial charge in [-0.15, -0.1) is 0 Å². The van der Waals surface area contributed by atoms with Crippen LogP contribution in [0.15, 0.2) is 35.4 Å². The number of benzene rings is 1. The van der Waals surface area contributed by atoms with Crippen LogP contribution in [0.3, 0.4) is 0 Å². The van der Waals surface area contributed by atoms with Crippen LogP contribution in [0, 0.1) is 0 Å². The van der Waals surface area contributed by atoms with E-state index in [4.69, 9.17) is 16.3 Å². The Labute approximate surface area is 144 Å². The van der Waals surface area contributed by atoms with Crippen LogP contribution >= 0.6 is 11.6 Å². The van der Waals surface area contributed by atoms with Gasteiger partial charge in [-0.25, -0.2) is 4.98 Å². The molecule has 7 heteroatoms. The predicted octanol–water partition coefficient (Wildman–Crippen LogP) is 2.56. The lowest BCUT2D eigenvalue weighted by atomic mass is 9.96. The Hall–Kier alpha value is -2.34. The molecule has 24 heavy (non-hydrogen) atoms. The number of hydrogen-bond donors (Lipinski definition) is 1. The molecule has 0 fully saturated rings. The third-order valence-corrected chi connectivity index (χ3v) is 4.23. The van der Waals surface area contributed by atoms with E-state index < -0.39 is 5.97 Å². The number of esters is 1. The molecule has 6 nitrogen and oxygen atoms in total. The van der Waals surface area contributed by atoms with Crippen molar-refractivity contribution in [2.24, 2.45) is 0 Å². The van der Waals surface area contributed by atoms with Crippen LogP contribution < -0.4 is 10.9 Å². The van der Waals surface area contributed by atoms with Gasteiger partial charge in [-0.3, -0.25) is 14.2 Å². The summed E-state index contributed by atoms with van der Waals surface area (Å²) in [5, 5.41) is 3.93. The van der Waals surface area contributed by atoms with Gasteiger partial charge in [0.15, 0.2) is 0 Å². The second-order valence-corrected chi connectivity index (χ2v) is 6.03. The second kappa shape index (κ2) is 7.05. The summed E-state index contributed by atoms with van der Waals surface area (Å²) < 4.78 is 6.16. The average Bonchev–Trinajstić information content (AvgIpc) is 2.58. The van der Waals surface area contributed by atoms with Crippen LogP contribution in [0.5, 0.6) is 0 Å². The first kappa shape index (κ1) is 16.5. The van der Waals surface area contributed by atoms with Crippen molar-refractivity contribution in [2.45, 2.75) is 32.4 Å². The minimum absolute atomic E-state index is 0.0164. The predicted molar refractivity (Wildman–Crippen MR) is 91.3 cm³/mol. The van der Waals surface area contributed by atoms with Crippen LogP contribution in [0.2, 0.25) is 5.02 Å². The summed E-state index contributed by atoms with van der Waals surface area (Å²) >= 11 is 5.92. The van der Waals surface area contributed by atoms with Crippen molar-refractivity contribution in [1.29, 1.82) is 0 Å². The van der Waals surface area contributed by atoms with Crippen LogP contribution in [-0.4, -0.2) is 22.1 Å². The summed E-state index contributed by atoms with van der Waals surface area (Å²) in [7, 11) is 0. The first-order chi connectivity index (χ1) is 11.6. The number of hydrogen-bond acceptors (Lipinski definition) is 5. The number of nitrogens with zero attached hydrogens (tertiary/aromatic N) is 2. The number of aromatic nitrogens is 2. The quantitative estimate of drug-likeness (QED) is 0.860. The SMILES string of the molecule is CCOC(=O)Cn1cnc2c(c1=O)N[C@@H](c1ccc(Cl)cc1)CC2. The lowest BCUT2D eigenvalue weighted by Crippen LogP contribution is -2.32. The van der Waals surface area contributed by atoms with Crippen molar-refractivity contribution in [2.75, 3.05) is 11.9 Å². The molecular formula is C17H18ClN3O3. The maximum absolute atomic E-state index is 12.6. The van der Waals surface area contributed by atoms with Gasteiger partial charge in [0.2, 0.25) is 0 Å². The highest BCUT2D eigenvalue weighted by Gasteiger charge is 2.23. The molecule has 3 rings (SSSR count). The van der Waals surface area contributed by atoms with E-state index >= 15 is 0 Å². The van der Waals surface area contributed by atoms with Crippen molar-refractivity contribution in [3.05, 3.63) is 57.2 Å². The monoisotopic (exact) mass is 347 g/mol. The van der Waals surface area contributed by atoms with E-state index in [9.17, 15) is 9.59 Å². The Bertz CT molecular complexity index is 802. The third kappa shape index (κ3) is 3.43. The summed E-state index contributed by atoms with van der Waals surface area (Å²) in [6.45, 7) is 1.87. The number of carbonyl (C=O) groups is 1. The third-order valence-electron chi connectivity index (χ3n) is 3.98. The largest absolute Gasteiger partial charge is 0.465 e. The topological polar surface area (TPSA) is 73.2 Å². The number of rotatable bonds is 4. The van der Waals surface area contributed by atoms with Crippen LogP contribution in [0.1, 0.15) is 30.6 Å². The van der Waals surface area contributed by atoms with Crippen LogP contribution in [0.4, 0.5) is 5.69 Å². The van der Waals surface area contributed by atoms with E-state index in [-0.39, 0.29) is 24.8 Å². The summed E-state index contributed by atoms with van der Waals surface area (Å²) in [6, 6.07) is 7.56. The molecule has 0 bridgehead atoms. The lowest BCUT2D eigenvalue weighted by Gasteiger charge is -2.26. The molecule has 0 saturated heterocycles. The van der Waals surface area contributed by atoms with Gasteiger partial charge in [0.1, 0.15) is 12.2 Å². The molecule has 2 heterocycles. The summed E-state index contributed by atoms with van der Waals surface area (Å²) in [5.41, 5.74) is 1.98. The van der Waals surface area contributed by atoms with Crippen LogP contribution in [-0.2, 0) is 22.5 Å². The number of ether oxygens (including phenoxy) is 1. The molecule has 0 radical (unpaired) electrons. The first-order valence-corrected chi connectivity index (χ1v) is 8.22. The van der Waals surface area contributed by atoms with Gasteiger partial charge in [0, 0.05) is 5.02 Å². The van der Waals surface area contributed by atoms with E-state index in [1.165, 1.54) is 10.9 Å². The Balaban J connectivity index is 1.85. The highest BCUT2D eigenvalue weighted by Crippen LogP contribution is 2.29. The lowest BCUT2D eigenvalue weighted by molar-refractivity contribution is -0.143. The van der Waals surface area contributed by atoms with Gasteiger partial charge < -0.3 is 10.1 Å². The summed E-state index contributed by atoms with van der Waals surface area (Å²) in [4.78, 5) is 28.5. The number of carbonyl (C=O) groups excluding carboxylic acids is 1. The zero-order valence-corrected chi connectivity index (χ0v) is 14.0. The normalized spacial score (nSPS) is 16.2. The van der Waals surface area contributed by atoms with E-state index in [2.05, 4.69) is 10.3 Å². The van der Waals surface area contributed by atoms with Crippen molar-refractivity contribution in [3.8, 4) is 0 Å². The zero-order chi connectivity index (χ0) is 17.1. The van der Waals surface area contributed by atoms with Crippen molar-refractivity contribution in [3.63, 3.8) is 0 Å². The molecule has 1 aliphatic rings. The highest BCUT2D eigenvalue weighted by atomic mass is 35.5. The molecule has 2 aromatic rings. The van der Waals surface area contributed by atoms with Gasteiger partial charge in [-0.2, -0.15) is 0 Å². The molecule has 126 valence electrons. The number of halogens is 1. The van der Waals surface area contributed by atoms with Gasteiger partial charge in [0.25, 0.3) is 5.56 Å². The molecule has 1 aromatic carbocycles. The van der Waals surface area contributed by atoms with Gasteiger partial charge in [0.05, 0.1) is 24.7 Å². The standard InChI is InChI=1S/C17H18ClN3O3/c1-2-24-15(22)9-21-10-19-14-8-7-13(20-16(14)17(21)23)11-3-5-12(18)6-4-11/h3-6,10,13,20H,2,7-9H2,1H3/t13-/m1/s1. The molecule has 1 aromatic heterocycles. The molecule has 0 amide bonds. The van der Waals surface area contributed by atoms with Gasteiger partial charge in [-0.1, -0.05) is 23.7 Å². The number of anilines is 1. The molecule has 1 atom stereocenters. The maximum atomic E-state index is 12.6. The first-order valence-electron chi connectivity index (χ1n) is 7.84. The van der Waals surface area contributed by atoms with E-state index in [1.807, 2.05) is 24.3 Å². The molecule has 0 spiro atoms. The number of nitrogens with one attached hydrogen (secondary N) is 1. The smallest absolute Gasteiger partial charge is 0.326 e. The number of fused-ring (bicyclic) bond motifs is 1. The van der Waals surface area contributed by atoms with E-state index in [0.29, 0.717) is 17.1 Å². The Morgan fingerprint density at radius 3 is 2.88 bits per heavy atom. The van der Waals surface area contributed by atoms with Crippen molar-refractivity contribution >= 4 is 23.3 Å². The zero-order valence-electron chi connectivity index (χ0n) is 13.3. The molecule has 0 unspecified atom stereocenters. The molecular weight excluding hydrogens is 330 g/mol. The van der Waals surface area contributed by atoms with E-state index in [0.717, 1.165) is 17.7 Å². The molecule has 1 N–H and O–H groups in total. The molecule has 1 aliphatic heterocycles. The fraction of sp³-hybridized carbons (Fsp3) is 0.353. The van der Waals surface area contributed by atoms with Crippen LogP contribution in [0.25, 0.3) is 0 Å². The van der Waals surface area contributed by atoms with E-state index in [1.54, 1.807) is 6.92 Å². The van der Waals surface area contributed by atoms with Crippen molar-refractivity contribution in [1.82, 2.24) is 9.55 Å². The fourth-order valence-electron chi connectivity index (χ4n) is 2.79. The second-order valence-electron chi connectivity index (χ2n) is 5.59. The molecule has 0 aliphatic carbocycles. The summed E-state index contributed by atoms with van der Waals surface area (Å²) in [5.74, 6) is -0.452. The van der Waals surface area contributed by atoms with Gasteiger partial charge in [-0.05, 0) is 37.5 Å². The Morgan fingerprint density at radius 1 is 1.42 bits per heavy atom. The Morgan fingerprint density at radius 2 is 2.17 bits per heavy atom. The maximum Gasteiger partial charge on any atom is 0.326 e. The number of aryl methyl sites for hydroxylation is 1. The Kier molecular flexibility index (Phi) is 4.85. The molecule has 0 saturated carbocycles.